The summed E-state index contributed by atoms with van der Waals surface area (Å²) < 4.78 is 13.4. The Morgan fingerprint density at radius 3 is 2.72 bits per heavy atom. The molecule has 0 saturated carbocycles. The molecule has 2 N–H and O–H groups in total. The first kappa shape index (κ1) is 15.4. The zero-order valence-electron chi connectivity index (χ0n) is 13.8. The molecular weight excluding hydrogens is 316 g/mol. The molecular formula is C19H18N4O2. The van der Waals surface area contributed by atoms with Gasteiger partial charge in [-0.05, 0) is 35.9 Å². The summed E-state index contributed by atoms with van der Waals surface area (Å²) in [4.78, 5) is 8.52. The Morgan fingerprint density at radius 1 is 1.16 bits per heavy atom. The van der Waals surface area contributed by atoms with Crippen molar-refractivity contribution in [1.82, 2.24) is 14.5 Å². The molecule has 3 heterocycles. The topological polar surface area (TPSA) is 79.1 Å². The van der Waals surface area contributed by atoms with Gasteiger partial charge in [0, 0.05) is 19.8 Å². The highest BCUT2D eigenvalue weighted by molar-refractivity contribution is 5.81. The lowest BCUT2D eigenvalue weighted by molar-refractivity contribution is 0.466. The van der Waals surface area contributed by atoms with E-state index in [4.69, 9.17) is 14.9 Å². The number of aryl methyl sites for hydroxylation is 1. The van der Waals surface area contributed by atoms with Crippen molar-refractivity contribution in [3.05, 3.63) is 72.6 Å². The number of aromatic nitrogens is 3. The minimum Gasteiger partial charge on any atom is -0.469 e. The normalized spacial score (nSPS) is 12.4. The highest BCUT2D eigenvalue weighted by Crippen LogP contribution is 2.29. The third-order valence-electron chi connectivity index (χ3n) is 4.24. The molecule has 0 saturated heterocycles. The van der Waals surface area contributed by atoms with E-state index in [9.17, 15) is 0 Å². The van der Waals surface area contributed by atoms with Gasteiger partial charge >= 0.3 is 0 Å². The summed E-state index contributed by atoms with van der Waals surface area (Å²) in [6.07, 6.45) is 5.10. The second-order valence-electron chi connectivity index (χ2n) is 5.82. The lowest BCUT2D eigenvalue weighted by Gasteiger charge is -2.13. The molecule has 0 amide bonds. The summed E-state index contributed by atoms with van der Waals surface area (Å²) in [5.41, 5.74) is 7.83. The van der Waals surface area contributed by atoms with Gasteiger partial charge in [-0.1, -0.05) is 12.1 Å². The van der Waals surface area contributed by atoms with Crippen LogP contribution in [0.5, 0.6) is 11.6 Å². The van der Waals surface area contributed by atoms with Crippen LogP contribution in [-0.2, 0) is 7.05 Å². The maximum atomic E-state index is 5.94. The Labute approximate surface area is 144 Å². The molecule has 0 aliphatic rings. The van der Waals surface area contributed by atoms with Gasteiger partial charge in [0.1, 0.15) is 23.5 Å². The van der Waals surface area contributed by atoms with E-state index in [0.717, 1.165) is 22.4 Å². The van der Waals surface area contributed by atoms with Gasteiger partial charge in [-0.2, -0.15) is 0 Å². The fourth-order valence-electron chi connectivity index (χ4n) is 2.92. The first-order valence-electron chi connectivity index (χ1n) is 8.03. The molecule has 0 aliphatic carbocycles. The summed E-state index contributed by atoms with van der Waals surface area (Å²) in [7, 11) is 1.94. The molecule has 0 bridgehead atoms. The molecule has 0 fully saturated rings. The molecule has 1 atom stereocenters. The molecule has 3 aromatic heterocycles. The van der Waals surface area contributed by atoms with Crippen LogP contribution in [-0.4, -0.2) is 21.1 Å². The Balaban J connectivity index is 1.60. The van der Waals surface area contributed by atoms with E-state index >= 15 is 0 Å². The van der Waals surface area contributed by atoms with Gasteiger partial charge < -0.3 is 19.5 Å². The lowest BCUT2D eigenvalue weighted by Crippen LogP contribution is -2.13. The highest BCUT2D eigenvalue weighted by Gasteiger charge is 2.15. The van der Waals surface area contributed by atoms with E-state index in [-0.39, 0.29) is 5.92 Å². The number of nitrogens with zero attached hydrogens (tertiary/aromatic N) is 3. The standard InChI is InChI=1S/C19H18N4O2/c1-23-9-8-15-18(23)21-12-22-19(15)25-14-6-4-13(5-7-14)16(11-20)17-3-2-10-24-17/h2-10,12,16H,11,20H2,1H3. The van der Waals surface area contributed by atoms with Gasteiger partial charge in [0.2, 0.25) is 5.88 Å². The van der Waals surface area contributed by atoms with Crippen molar-refractivity contribution in [2.45, 2.75) is 5.92 Å². The van der Waals surface area contributed by atoms with Crippen LogP contribution in [0.3, 0.4) is 0 Å². The smallest absolute Gasteiger partial charge is 0.231 e. The van der Waals surface area contributed by atoms with E-state index < -0.39 is 0 Å². The minimum atomic E-state index is 0.0314. The summed E-state index contributed by atoms with van der Waals surface area (Å²) >= 11 is 0. The Kier molecular flexibility index (Phi) is 3.95. The van der Waals surface area contributed by atoms with Gasteiger partial charge in [0.05, 0.1) is 17.6 Å². The van der Waals surface area contributed by atoms with Crippen LogP contribution in [0.25, 0.3) is 11.0 Å². The van der Waals surface area contributed by atoms with Crippen LogP contribution in [0.4, 0.5) is 0 Å². The Hall–Kier alpha value is -3.12. The average molecular weight is 334 g/mol. The summed E-state index contributed by atoms with van der Waals surface area (Å²) in [5.74, 6) is 2.14. The molecule has 6 heteroatoms. The van der Waals surface area contributed by atoms with Crippen LogP contribution in [0.15, 0.2) is 65.7 Å². The molecule has 4 rings (SSSR count). The first-order valence-corrected chi connectivity index (χ1v) is 8.03. The van der Waals surface area contributed by atoms with Gasteiger partial charge in [-0.3, -0.25) is 0 Å². The zero-order valence-corrected chi connectivity index (χ0v) is 13.8. The first-order chi connectivity index (χ1) is 12.3. The largest absolute Gasteiger partial charge is 0.469 e. The van der Waals surface area contributed by atoms with E-state index in [1.165, 1.54) is 6.33 Å². The second-order valence-corrected chi connectivity index (χ2v) is 5.82. The number of nitrogens with two attached hydrogens (primary N) is 1. The number of ether oxygens (including phenoxy) is 1. The van der Waals surface area contributed by atoms with Gasteiger partial charge in [-0.15, -0.1) is 0 Å². The predicted molar refractivity (Wildman–Crippen MR) is 94.6 cm³/mol. The zero-order chi connectivity index (χ0) is 17.2. The number of fused-ring (bicyclic) bond motifs is 1. The summed E-state index contributed by atoms with van der Waals surface area (Å²) in [5, 5.41) is 0.879. The van der Waals surface area contributed by atoms with Crippen molar-refractivity contribution in [2.24, 2.45) is 12.8 Å². The maximum Gasteiger partial charge on any atom is 0.231 e. The number of hydrogen-bond donors (Lipinski definition) is 1. The van der Waals surface area contributed by atoms with Crippen LogP contribution in [0, 0.1) is 0 Å². The van der Waals surface area contributed by atoms with E-state index in [1.807, 2.05) is 60.3 Å². The van der Waals surface area contributed by atoms with Crippen molar-refractivity contribution >= 4 is 11.0 Å². The molecule has 1 unspecified atom stereocenters. The number of furan rings is 1. The van der Waals surface area contributed by atoms with Gasteiger partial charge in [0.25, 0.3) is 0 Å². The van der Waals surface area contributed by atoms with E-state index in [1.54, 1.807) is 6.26 Å². The monoisotopic (exact) mass is 334 g/mol. The molecule has 126 valence electrons. The summed E-state index contributed by atoms with van der Waals surface area (Å²) in [6, 6.07) is 13.6. The maximum absolute atomic E-state index is 5.94. The number of rotatable bonds is 5. The van der Waals surface area contributed by atoms with Gasteiger partial charge in [-0.25, -0.2) is 9.97 Å². The molecule has 1 aromatic carbocycles. The number of hydrogen-bond acceptors (Lipinski definition) is 5. The SMILES string of the molecule is Cn1ccc2c(Oc3ccc(C(CN)c4ccco4)cc3)ncnc21. The predicted octanol–water partition coefficient (Wildman–Crippen LogP) is 3.44. The van der Waals surface area contributed by atoms with Crippen molar-refractivity contribution in [3.8, 4) is 11.6 Å². The Morgan fingerprint density at radius 2 is 2.00 bits per heavy atom. The van der Waals surface area contributed by atoms with Crippen molar-refractivity contribution in [3.63, 3.8) is 0 Å². The van der Waals surface area contributed by atoms with Crippen molar-refractivity contribution in [1.29, 1.82) is 0 Å². The highest BCUT2D eigenvalue weighted by atomic mass is 16.5. The summed E-state index contributed by atoms with van der Waals surface area (Å²) in [6.45, 7) is 0.476. The fourth-order valence-corrected chi connectivity index (χ4v) is 2.92. The lowest BCUT2D eigenvalue weighted by atomic mass is 9.97. The molecule has 0 aliphatic heterocycles. The second kappa shape index (κ2) is 6.41. The molecule has 4 aromatic rings. The van der Waals surface area contributed by atoms with Crippen LogP contribution < -0.4 is 10.5 Å². The quantitative estimate of drug-likeness (QED) is 0.605. The minimum absolute atomic E-state index is 0.0314. The Bertz CT molecular complexity index is 975. The molecule has 0 spiro atoms. The van der Waals surface area contributed by atoms with Crippen molar-refractivity contribution in [2.75, 3.05) is 6.54 Å². The van der Waals surface area contributed by atoms with Crippen molar-refractivity contribution < 1.29 is 9.15 Å². The number of benzene rings is 1. The van der Waals surface area contributed by atoms with Crippen LogP contribution >= 0.6 is 0 Å². The van der Waals surface area contributed by atoms with Crippen LogP contribution in [0.2, 0.25) is 0 Å². The average Bonchev–Trinajstić information content (AvgIpc) is 3.29. The third-order valence-corrected chi connectivity index (χ3v) is 4.24. The third kappa shape index (κ3) is 2.88. The van der Waals surface area contributed by atoms with E-state index in [2.05, 4.69) is 9.97 Å². The molecule has 6 nitrogen and oxygen atoms in total. The fraction of sp³-hybridized carbons (Fsp3) is 0.158. The molecule has 25 heavy (non-hydrogen) atoms. The van der Waals surface area contributed by atoms with E-state index in [0.29, 0.717) is 18.2 Å². The molecule has 0 radical (unpaired) electrons. The van der Waals surface area contributed by atoms with Gasteiger partial charge in [0.15, 0.2) is 0 Å². The van der Waals surface area contributed by atoms with Crippen LogP contribution in [0.1, 0.15) is 17.2 Å².